The molecule has 2 aromatic carbocycles. The molecule has 0 radical (unpaired) electrons. The summed E-state index contributed by atoms with van der Waals surface area (Å²) < 4.78 is 0. The normalized spacial score (nSPS) is 13.1. The van der Waals surface area contributed by atoms with Gasteiger partial charge in [0.15, 0.2) is 0 Å². The fraction of sp³-hybridized carbons (Fsp3) is 0. The summed E-state index contributed by atoms with van der Waals surface area (Å²) in [6.45, 7) is 0. The second-order valence-corrected chi connectivity index (χ2v) is 6.64. The molecular formula is C22H14ClN3O3. The van der Waals surface area contributed by atoms with Crippen LogP contribution in [-0.2, 0) is 0 Å². The van der Waals surface area contributed by atoms with Crippen LogP contribution in [0.5, 0.6) is 0 Å². The standard InChI is InChI=1S/C22H14ClN3O3/c23-18-19(21(28)16-6-2-1-5-15(16)20(18)27)25-13-8-10-14(11-9-13)26-22(29)17-7-3-4-12-24-17/h1-12,25H,(H,26,29). The van der Waals surface area contributed by atoms with Crippen LogP contribution in [0.15, 0.2) is 83.7 Å². The molecule has 0 aliphatic heterocycles. The van der Waals surface area contributed by atoms with E-state index >= 15 is 0 Å². The fourth-order valence-corrected chi connectivity index (χ4v) is 3.17. The van der Waals surface area contributed by atoms with Crippen molar-refractivity contribution >= 4 is 40.4 Å². The van der Waals surface area contributed by atoms with E-state index < -0.39 is 5.78 Å². The molecule has 0 atom stereocenters. The zero-order valence-electron chi connectivity index (χ0n) is 15.0. The van der Waals surface area contributed by atoms with Gasteiger partial charge in [0.25, 0.3) is 5.91 Å². The van der Waals surface area contributed by atoms with E-state index in [9.17, 15) is 14.4 Å². The highest BCUT2D eigenvalue weighted by molar-refractivity contribution is 6.50. The molecule has 0 bridgehead atoms. The van der Waals surface area contributed by atoms with E-state index in [-0.39, 0.29) is 22.4 Å². The molecule has 3 aromatic rings. The van der Waals surface area contributed by atoms with Gasteiger partial charge >= 0.3 is 0 Å². The van der Waals surface area contributed by atoms with Crippen LogP contribution in [0.3, 0.4) is 0 Å². The van der Waals surface area contributed by atoms with Gasteiger partial charge < -0.3 is 10.6 Å². The SMILES string of the molecule is O=C(Nc1ccc(NC2=C(Cl)C(=O)c3ccccc3C2=O)cc1)c1ccccn1. The number of halogens is 1. The van der Waals surface area contributed by atoms with Crippen LogP contribution in [0.1, 0.15) is 31.2 Å². The summed E-state index contributed by atoms with van der Waals surface area (Å²) in [7, 11) is 0. The van der Waals surface area contributed by atoms with Crippen molar-refractivity contribution in [3.63, 3.8) is 0 Å². The number of rotatable bonds is 4. The molecule has 7 heteroatoms. The Morgan fingerprint density at radius 2 is 1.41 bits per heavy atom. The largest absolute Gasteiger partial charge is 0.351 e. The summed E-state index contributed by atoms with van der Waals surface area (Å²) in [6, 6.07) is 18.3. The molecule has 142 valence electrons. The number of allylic oxidation sites excluding steroid dienone is 2. The maximum atomic E-state index is 12.7. The number of hydrogen-bond donors (Lipinski definition) is 2. The van der Waals surface area contributed by atoms with Crippen molar-refractivity contribution in [1.29, 1.82) is 0 Å². The fourth-order valence-electron chi connectivity index (χ4n) is 2.93. The van der Waals surface area contributed by atoms with Gasteiger partial charge in [-0.1, -0.05) is 41.9 Å². The average molecular weight is 404 g/mol. The first-order chi connectivity index (χ1) is 14.0. The lowest BCUT2D eigenvalue weighted by molar-refractivity contribution is 0.0982. The Bertz CT molecular complexity index is 1160. The maximum Gasteiger partial charge on any atom is 0.274 e. The predicted octanol–water partition coefficient (Wildman–Crippen LogP) is 4.28. The molecule has 0 fully saturated rings. The third-order valence-corrected chi connectivity index (χ3v) is 4.73. The van der Waals surface area contributed by atoms with Crippen molar-refractivity contribution in [2.45, 2.75) is 0 Å². The Kier molecular flexibility index (Phi) is 4.93. The van der Waals surface area contributed by atoms with Crippen molar-refractivity contribution in [2.75, 3.05) is 10.6 Å². The van der Waals surface area contributed by atoms with E-state index in [1.54, 1.807) is 72.9 Å². The van der Waals surface area contributed by atoms with Crippen LogP contribution in [0.25, 0.3) is 0 Å². The molecule has 0 unspecified atom stereocenters. The molecule has 0 saturated carbocycles. The molecule has 1 heterocycles. The lowest BCUT2D eigenvalue weighted by atomic mass is 9.92. The Balaban J connectivity index is 1.52. The first-order valence-electron chi connectivity index (χ1n) is 8.72. The molecule has 2 N–H and O–H groups in total. The van der Waals surface area contributed by atoms with E-state index in [1.807, 2.05) is 0 Å². The number of Topliss-reactive ketones (excluding diaryl/α,β-unsaturated/α-hetero) is 2. The summed E-state index contributed by atoms with van der Waals surface area (Å²) in [5.41, 5.74) is 2.04. The van der Waals surface area contributed by atoms with Gasteiger partial charge in [0.1, 0.15) is 16.4 Å². The quantitative estimate of drug-likeness (QED) is 0.679. The monoisotopic (exact) mass is 403 g/mol. The Hall–Kier alpha value is -3.77. The third-order valence-electron chi connectivity index (χ3n) is 4.37. The number of aromatic nitrogens is 1. The Morgan fingerprint density at radius 3 is 2.07 bits per heavy atom. The summed E-state index contributed by atoms with van der Waals surface area (Å²) in [5, 5.41) is 5.50. The summed E-state index contributed by atoms with van der Waals surface area (Å²) >= 11 is 6.16. The number of anilines is 2. The molecule has 1 aliphatic rings. The second-order valence-electron chi connectivity index (χ2n) is 6.26. The van der Waals surface area contributed by atoms with E-state index in [1.165, 1.54) is 0 Å². The van der Waals surface area contributed by atoms with E-state index in [2.05, 4.69) is 15.6 Å². The van der Waals surface area contributed by atoms with Gasteiger partial charge in [0.05, 0.1) is 0 Å². The first-order valence-corrected chi connectivity index (χ1v) is 9.10. The summed E-state index contributed by atoms with van der Waals surface area (Å²) in [6.07, 6.45) is 1.54. The molecule has 0 spiro atoms. The zero-order chi connectivity index (χ0) is 20.4. The van der Waals surface area contributed by atoms with Crippen molar-refractivity contribution < 1.29 is 14.4 Å². The minimum absolute atomic E-state index is 0.0284. The minimum atomic E-state index is -0.399. The van der Waals surface area contributed by atoms with Crippen LogP contribution < -0.4 is 10.6 Å². The Labute approximate surface area is 171 Å². The number of carbonyl (C=O) groups is 3. The topological polar surface area (TPSA) is 88.2 Å². The van der Waals surface area contributed by atoms with Crippen LogP contribution in [-0.4, -0.2) is 22.5 Å². The molecule has 6 nitrogen and oxygen atoms in total. The zero-order valence-corrected chi connectivity index (χ0v) is 15.7. The highest BCUT2D eigenvalue weighted by Crippen LogP contribution is 2.29. The van der Waals surface area contributed by atoms with Crippen molar-refractivity contribution in [3.05, 3.63) is 100 Å². The summed E-state index contributed by atoms with van der Waals surface area (Å²) in [5.74, 6) is -1.08. The van der Waals surface area contributed by atoms with Gasteiger partial charge in [-0.25, -0.2) is 0 Å². The van der Waals surface area contributed by atoms with Gasteiger partial charge in [0.2, 0.25) is 11.6 Å². The smallest absolute Gasteiger partial charge is 0.274 e. The number of nitrogens with zero attached hydrogens (tertiary/aromatic N) is 1. The highest BCUT2D eigenvalue weighted by atomic mass is 35.5. The molecule has 1 aromatic heterocycles. The average Bonchev–Trinajstić information content (AvgIpc) is 2.77. The van der Waals surface area contributed by atoms with Gasteiger partial charge in [-0.2, -0.15) is 0 Å². The molecule has 0 saturated heterocycles. The van der Waals surface area contributed by atoms with Crippen molar-refractivity contribution in [1.82, 2.24) is 4.98 Å². The van der Waals surface area contributed by atoms with Gasteiger partial charge in [-0.3, -0.25) is 19.4 Å². The number of fused-ring (bicyclic) bond motifs is 1. The number of amides is 1. The van der Waals surface area contributed by atoms with Crippen molar-refractivity contribution in [3.8, 4) is 0 Å². The number of carbonyl (C=O) groups excluding carboxylic acids is 3. The van der Waals surface area contributed by atoms with Crippen LogP contribution in [0.4, 0.5) is 11.4 Å². The van der Waals surface area contributed by atoms with Gasteiger partial charge in [0, 0.05) is 28.7 Å². The van der Waals surface area contributed by atoms with Crippen molar-refractivity contribution in [2.24, 2.45) is 0 Å². The lowest BCUT2D eigenvalue weighted by Crippen LogP contribution is -2.24. The Morgan fingerprint density at radius 1 is 0.793 bits per heavy atom. The molecule has 4 rings (SSSR count). The van der Waals surface area contributed by atoms with Gasteiger partial charge in [-0.05, 0) is 36.4 Å². The van der Waals surface area contributed by atoms with E-state index in [0.29, 0.717) is 28.2 Å². The minimum Gasteiger partial charge on any atom is -0.351 e. The number of hydrogen-bond acceptors (Lipinski definition) is 5. The summed E-state index contributed by atoms with van der Waals surface area (Å²) in [4.78, 5) is 41.3. The van der Waals surface area contributed by atoms with Gasteiger partial charge in [-0.15, -0.1) is 0 Å². The molecular weight excluding hydrogens is 390 g/mol. The third kappa shape index (κ3) is 3.66. The van der Waals surface area contributed by atoms with Crippen LogP contribution in [0.2, 0.25) is 0 Å². The second kappa shape index (κ2) is 7.69. The number of nitrogens with one attached hydrogen (secondary N) is 2. The molecule has 1 amide bonds. The van der Waals surface area contributed by atoms with Crippen LogP contribution >= 0.6 is 11.6 Å². The molecule has 29 heavy (non-hydrogen) atoms. The number of ketones is 2. The van der Waals surface area contributed by atoms with Crippen LogP contribution in [0, 0.1) is 0 Å². The maximum absolute atomic E-state index is 12.7. The first kappa shape index (κ1) is 18.6. The number of pyridine rings is 1. The lowest BCUT2D eigenvalue weighted by Gasteiger charge is -2.19. The number of benzene rings is 2. The molecule has 1 aliphatic carbocycles. The van der Waals surface area contributed by atoms with E-state index in [0.717, 1.165) is 0 Å². The highest BCUT2D eigenvalue weighted by Gasteiger charge is 2.31. The van der Waals surface area contributed by atoms with E-state index in [4.69, 9.17) is 11.6 Å². The predicted molar refractivity (Wildman–Crippen MR) is 110 cm³/mol.